The van der Waals surface area contributed by atoms with Crippen molar-refractivity contribution >= 4 is 26.1 Å². The van der Waals surface area contributed by atoms with Crippen molar-refractivity contribution in [3.8, 4) is 0 Å². The standard InChI is InChI=1S/C13H14N3O5P.C2H6/c17-13-15(10-4-2-1-3-5-10)8-11(21-13)9-16(22(18)19)12-6-7-20-14-12;1-2/h1-7,11,18-19H,8-9H2;1-2H3. The predicted molar refractivity (Wildman–Crippen MR) is 90.6 cm³/mol. The molecule has 0 aliphatic carbocycles. The molecule has 1 unspecified atom stereocenters. The van der Waals surface area contributed by atoms with E-state index in [9.17, 15) is 14.6 Å². The highest BCUT2D eigenvalue weighted by molar-refractivity contribution is 7.47. The van der Waals surface area contributed by atoms with Crippen molar-refractivity contribution in [3.05, 3.63) is 42.7 Å². The molecular weight excluding hydrogens is 333 g/mol. The van der Waals surface area contributed by atoms with Crippen molar-refractivity contribution in [2.75, 3.05) is 22.7 Å². The van der Waals surface area contributed by atoms with E-state index in [2.05, 4.69) is 5.16 Å². The van der Waals surface area contributed by atoms with Crippen molar-refractivity contribution in [1.29, 1.82) is 0 Å². The molecule has 1 aromatic heterocycles. The van der Waals surface area contributed by atoms with Gasteiger partial charge in [-0.05, 0) is 12.1 Å². The van der Waals surface area contributed by atoms with Crippen LogP contribution in [0.3, 0.4) is 0 Å². The van der Waals surface area contributed by atoms with E-state index in [1.807, 2.05) is 44.2 Å². The van der Waals surface area contributed by atoms with Gasteiger partial charge in [0.05, 0.1) is 13.1 Å². The van der Waals surface area contributed by atoms with Crippen LogP contribution in [-0.4, -0.2) is 40.2 Å². The summed E-state index contributed by atoms with van der Waals surface area (Å²) in [6.07, 6.45) is 0.364. The summed E-state index contributed by atoms with van der Waals surface area (Å²) in [6, 6.07) is 10.7. The Kier molecular flexibility index (Phi) is 6.54. The van der Waals surface area contributed by atoms with Gasteiger partial charge in [0.15, 0.2) is 5.82 Å². The summed E-state index contributed by atoms with van der Waals surface area (Å²) < 4.78 is 11.2. The van der Waals surface area contributed by atoms with E-state index in [1.54, 1.807) is 0 Å². The Morgan fingerprint density at radius 3 is 2.58 bits per heavy atom. The van der Waals surface area contributed by atoms with E-state index in [1.165, 1.54) is 21.9 Å². The Morgan fingerprint density at radius 1 is 1.29 bits per heavy atom. The first kappa shape index (κ1) is 18.2. The number of carbonyl (C=O) groups is 1. The lowest BCUT2D eigenvalue weighted by atomic mass is 10.2. The van der Waals surface area contributed by atoms with Gasteiger partial charge < -0.3 is 19.0 Å². The van der Waals surface area contributed by atoms with Gasteiger partial charge in [-0.3, -0.25) is 9.57 Å². The smallest absolute Gasteiger partial charge is 0.414 e. The fourth-order valence-corrected chi connectivity index (χ4v) is 2.84. The normalized spacial score (nSPS) is 16.6. The Hall–Kier alpha value is -2.15. The first-order valence-corrected chi connectivity index (χ1v) is 8.74. The van der Waals surface area contributed by atoms with Gasteiger partial charge in [0, 0.05) is 11.8 Å². The maximum absolute atomic E-state index is 12.0. The molecule has 0 radical (unpaired) electrons. The molecule has 130 valence electrons. The predicted octanol–water partition coefficient (Wildman–Crippen LogP) is 2.74. The molecule has 1 amide bonds. The second-order valence-electron chi connectivity index (χ2n) is 4.66. The quantitative estimate of drug-likeness (QED) is 0.797. The number of amides is 1. The SMILES string of the molecule is CC.O=C1OC(CN(c2ccon2)P(O)O)CN1c1ccccc1. The van der Waals surface area contributed by atoms with Crippen LogP contribution in [0.2, 0.25) is 0 Å². The lowest BCUT2D eigenvalue weighted by Gasteiger charge is -2.23. The van der Waals surface area contributed by atoms with E-state index < -0.39 is 20.7 Å². The van der Waals surface area contributed by atoms with Crippen LogP contribution < -0.4 is 9.57 Å². The van der Waals surface area contributed by atoms with Gasteiger partial charge in [-0.2, -0.15) is 0 Å². The summed E-state index contributed by atoms with van der Waals surface area (Å²) in [5.41, 5.74) is 0.734. The van der Waals surface area contributed by atoms with Gasteiger partial charge in [-0.25, -0.2) is 4.79 Å². The average molecular weight is 353 g/mol. The molecule has 0 spiro atoms. The van der Waals surface area contributed by atoms with Crippen LogP contribution in [-0.2, 0) is 4.74 Å². The van der Waals surface area contributed by atoms with Gasteiger partial charge in [0.25, 0.3) is 8.53 Å². The summed E-state index contributed by atoms with van der Waals surface area (Å²) in [7, 11) is -2.41. The molecular formula is C15H20N3O5P. The molecule has 2 aromatic rings. The topological polar surface area (TPSA) is 99.3 Å². The molecule has 1 fully saturated rings. The lowest BCUT2D eigenvalue weighted by Crippen LogP contribution is -2.32. The minimum Gasteiger partial charge on any atom is -0.442 e. The molecule has 2 N–H and O–H groups in total. The highest BCUT2D eigenvalue weighted by atomic mass is 31.2. The van der Waals surface area contributed by atoms with Crippen LogP contribution in [0.4, 0.5) is 16.3 Å². The Morgan fingerprint density at radius 2 is 2.00 bits per heavy atom. The zero-order valence-corrected chi connectivity index (χ0v) is 14.3. The largest absolute Gasteiger partial charge is 0.442 e. The highest BCUT2D eigenvalue weighted by Crippen LogP contribution is 2.35. The summed E-state index contributed by atoms with van der Waals surface area (Å²) in [5, 5.41) is 3.67. The number of cyclic esters (lactones) is 1. The van der Waals surface area contributed by atoms with Crippen LogP contribution in [0.25, 0.3) is 0 Å². The van der Waals surface area contributed by atoms with Crippen molar-refractivity contribution < 1.29 is 23.8 Å². The zero-order valence-electron chi connectivity index (χ0n) is 13.4. The zero-order chi connectivity index (χ0) is 17.5. The molecule has 1 saturated heterocycles. The van der Waals surface area contributed by atoms with Gasteiger partial charge >= 0.3 is 6.09 Å². The number of carbonyl (C=O) groups excluding carboxylic acids is 1. The monoisotopic (exact) mass is 353 g/mol. The number of benzene rings is 1. The van der Waals surface area contributed by atoms with E-state index in [4.69, 9.17) is 9.26 Å². The third-order valence-electron chi connectivity index (χ3n) is 3.22. The molecule has 2 heterocycles. The Labute approximate surface area is 141 Å². The van der Waals surface area contributed by atoms with Crippen molar-refractivity contribution in [2.24, 2.45) is 0 Å². The van der Waals surface area contributed by atoms with E-state index in [0.717, 1.165) is 5.69 Å². The molecule has 0 bridgehead atoms. The van der Waals surface area contributed by atoms with Gasteiger partial charge in [-0.1, -0.05) is 37.2 Å². The van der Waals surface area contributed by atoms with Gasteiger partial charge in [0.2, 0.25) is 0 Å². The van der Waals surface area contributed by atoms with E-state index in [0.29, 0.717) is 6.54 Å². The molecule has 24 heavy (non-hydrogen) atoms. The molecule has 1 aliphatic rings. The van der Waals surface area contributed by atoms with Crippen LogP contribution in [0.5, 0.6) is 0 Å². The van der Waals surface area contributed by atoms with Crippen LogP contribution in [0.1, 0.15) is 13.8 Å². The number of ether oxygens (including phenoxy) is 1. The molecule has 1 aliphatic heterocycles. The summed E-state index contributed by atoms with van der Waals surface area (Å²) in [6.45, 7) is 4.43. The van der Waals surface area contributed by atoms with Crippen LogP contribution in [0.15, 0.2) is 47.2 Å². The molecule has 8 nitrogen and oxygen atoms in total. The second-order valence-corrected chi connectivity index (χ2v) is 5.68. The Balaban J connectivity index is 0.00000100. The van der Waals surface area contributed by atoms with Gasteiger partial charge in [-0.15, -0.1) is 0 Å². The molecule has 0 saturated carbocycles. The van der Waals surface area contributed by atoms with Crippen molar-refractivity contribution in [1.82, 2.24) is 5.16 Å². The first-order valence-electron chi connectivity index (χ1n) is 7.54. The minimum absolute atomic E-state index is 0.111. The third-order valence-corrected chi connectivity index (χ3v) is 4.02. The van der Waals surface area contributed by atoms with E-state index in [-0.39, 0.29) is 12.4 Å². The number of anilines is 2. The fraction of sp³-hybridized carbons (Fsp3) is 0.333. The maximum atomic E-state index is 12.0. The number of para-hydroxylation sites is 1. The summed E-state index contributed by atoms with van der Waals surface area (Å²) in [4.78, 5) is 32.5. The fourth-order valence-electron chi connectivity index (χ4n) is 2.23. The average Bonchev–Trinajstić information content (AvgIpc) is 3.25. The lowest BCUT2D eigenvalue weighted by molar-refractivity contribution is 0.145. The second kappa shape index (κ2) is 8.63. The van der Waals surface area contributed by atoms with Crippen molar-refractivity contribution in [3.63, 3.8) is 0 Å². The summed E-state index contributed by atoms with van der Waals surface area (Å²) >= 11 is 0. The Bertz CT molecular complexity index is 623. The third kappa shape index (κ3) is 4.23. The minimum atomic E-state index is -2.41. The number of rotatable bonds is 5. The maximum Gasteiger partial charge on any atom is 0.414 e. The van der Waals surface area contributed by atoms with Crippen molar-refractivity contribution in [2.45, 2.75) is 20.0 Å². The van der Waals surface area contributed by atoms with Gasteiger partial charge in [0.1, 0.15) is 12.4 Å². The summed E-state index contributed by atoms with van der Waals surface area (Å²) in [5.74, 6) is 0.283. The van der Waals surface area contributed by atoms with Crippen LogP contribution in [0, 0.1) is 0 Å². The highest BCUT2D eigenvalue weighted by Gasteiger charge is 2.35. The number of hydrogen-bond donors (Lipinski definition) is 2. The van der Waals surface area contributed by atoms with Crippen LogP contribution >= 0.6 is 8.53 Å². The molecule has 1 atom stereocenters. The molecule has 3 rings (SSSR count). The molecule has 9 heteroatoms. The number of hydrogen-bond acceptors (Lipinski definition) is 7. The number of aromatic nitrogens is 1. The van der Waals surface area contributed by atoms with E-state index >= 15 is 0 Å². The first-order chi connectivity index (χ1) is 11.6. The number of nitrogens with zero attached hydrogens (tertiary/aromatic N) is 3. The molecule has 1 aromatic carbocycles.